The zero-order valence-electron chi connectivity index (χ0n) is 14.5. The lowest BCUT2D eigenvalue weighted by atomic mass is 9.94. The van der Waals surface area contributed by atoms with Gasteiger partial charge in [0, 0.05) is 12.1 Å². The van der Waals surface area contributed by atoms with Gasteiger partial charge >= 0.3 is 0 Å². The molecule has 146 valence electrons. The van der Waals surface area contributed by atoms with Crippen LogP contribution in [-0.2, 0) is 9.47 Å². The molecule has 0 aliphatic carbocycles. The third kappa shape index (κ3) is 4.30. The SMILES string of the molecule is CC1(C)O[C@@H](C(O)c2cc(F)cc(F)c2)[C@H](C(O)c2cc(F)cc(F)c2)O1. The van der Waals surface area contributed by atoms with Gasteiger partial charge in [0.15, 0.2) is 5.79 Å². The summed E-state index contributed by atoms with van der Waals surface area (Å²) >= 11 is 0. The van der Waals surface area contributed by atoms with Crippen molar-refractivity contribution >= 4 is 0 Å². The molecule has 0 spiro atoms. The number of halogens is 4. The molecule has 0 bridgehead atoms. The Kier molecular flexibility index (Phi) is 5.27. The Morgan fingerprint density at radius 1 is 0.704 bits per heavy atom. The first-order chi connectivity index (χ1) is 12.6. The molecule has 0 saturated carbocycles. The van der Waals surface area contributed by atoms with Gasteiger partial charge in [0.25, 0.3) is 0 Å². The minimum Gasteiger partial charge on any atom is -0.386 e. The Hall–Kier alpha value is -2.00. The van der Waals surface area contributed by atoms with Crippen LogP contribution in [0, 0.1) is 23.3 Å². The van der Waals surface area contributed by atoms with E-state index in [1.54, 1.807) is 0 Å². The maximum absolute atomic E-state index is 13.5. The van der Waals surface area contributed by atoms with Gasteiger partial charge in [-0.1, -0.05) is 0 Å². The number of rotatable bonds is 4. The highest BCUT2D eigenvalue weighted by Gasteiger charge is 2.48. The quantitative estimate of drug-likeness (QED) is 0.790. The van der Waals surface area contributed by atoms with E-state index in [9.17, 15) is 27.8 Å². The average molecular weight is 386 g/mol. The Bertz CT molecular complexity index is 734. The molecular formula is C19H18F4O4. The Balaban J connectivity index is 1.94. The Morgan fingerprint density at radius 3 is 1.30 bits per heavy atom. The number of aliphatic hydroxyl groups is 2. The van der Waals surface area contributed by atoms with Crippen LogP contribution in [-0.4, -0.2) is 28.2 Å². The molecule has 0 aromatic heterocycles. The lowest BCUT2D eigenvalue weighted by Crippen LogP contribution is -2.34. The second-order valence-corrected chi connectivity index (χ2v) is 6.86. The number of aliphatic hydroxyl groups excluding tert-OH is 2. The van der Waals surface area contributed by atoms with Gasteiger partial charge in [-0.15, -0.1) is 0 Å². The maximum Gasteiger partial charge on any atom is 0.164 e. The van der Waals surface area contributed by atoms with E-state index in [-0.39, 0.29) is 11.1 Å². The van der Waals surface area contributed by atoms with Crippen molar-refractivity contribution in [3.05, 3.63) is 70.8 Å². The molecule has 1 heterocycles. The second kappa shape index (κ2) is 7.20. The predicted octanol–water partition coefficient (Wildman–Crippen LogP) is 3.53. The molecule has 1 aliphatic heterocycles. The monoisotopic (exact) mass is 386 g/mol. The zero-order valence-corrected chi connectivity index (χ0v) is 14.5. The van der Waals surface area contributed by atoms with Crippen LogP contribution in [0.4, 0.5) is 17.6 Å². The lowest BCUT2D eigenvalue weighted by molar-refractivity contribution is -0.161. The smallest absolute Gasteiger partial charge is 0.164 e. The standard InChI is InChI=1S/C19H18F4O4/c1-19(2)26-17(15(24)9-3-11(20)7-12(21)4-9)18(27-19)16(25)10-5-13(22)8-14(23)6-10/h3-8,15-18,24-25H,1-2H3/t15?,16?,17-,18-/m0/s1. The van der Waals surface area contributed by atoms with Crippen molar-refractivity contribution in [2.45, 2.75) is 44.1 Å². The first-order valence-electron chi connectivity index (χ1n) is 8.19. The van der Waals surface area contributed by atoms with Crippen molar-refractivity contribution in [3.63, 3.8) is 0 Å². The van der Waals surface area contributed by atoms with Gasteiger partial charge in [-0.2, -0.15) is 0 Å². The molecule has 2 N–H and O–H groups in total. The molecule has 0 amide bonds. The minimum absolute atomic E-state index is 0.124. The first kappa shape index (κ1) is 19.8. The van der Waals surface area contributed by atoms with Gasteiger partial charge in [-0.25, -0.2) is 17.6 Å². The summed E-state index contributed by atoms with van der Waals surface area (Å²) in [5.41, 5.74) is -0.247. The van der Waals surface area contributed by atoms with E-state index >= 15 is 0 Å². The van der Waals surface area contributed by atoms with E-state index in [1.807, 2.05) is 0 Å². The minimum atomic E-state index is -1.56. The molecule has 3 rings (SSSR count). The van der Waals surface area contributed by atoms with Crippen LogP contribution in [0.3, 0.4) is 0 Å². The average Bonchev–Trinajstić information content (AvgIpc) is 2.87. The lowest BCUT2D eigenvalue weighted by Gasteiger charge is -2.26. The fraction of sp³-hybridized carbons (Fsp3) is 0.368. The molecule has 2 aromatic rings. The van der Waals surface area contributed by atoms with Crippen molar-refractivity contribution in [2.24, 2.45) is 0 Å². The largest absolute Gasteiger partial charge is 0.386 e. The third-order valence-electron chi connectivity index (χ3n) is 4.24. The van der Waals surface area contributed by atoms with Crippen LogP contribution >= 0.6 is 0 Å². The highest BCUT2D eigenvalue weighted by Crippen LogP contribution is 2.40. The molecule has 1 fully saturated rings. The van der Waals surface area contributed by atoms with Crippen LogP contribution in [0.15, 0.2) is 36.4 Å². The van der Waals surface area contributed by atoms with Crippen molar-refractivity contribution in [3.8, 4) is 0 Å². The Morgan fingerprint density at radius 2 is 1.00 bits per heavy atom. The first-order valence-corrected chi connectivity index (χ1v) is 8.19. The highest BCUT2D eigenvalue weighted by atomic mass is 19.1. The van der Waals surface area contributed by atoms with Gasteiger partial charge in [-0.3, -0.25) is 0 Å². The summed E-state index contributed by atoms with van der Waals surface area (Å²) in [6, 6.07) is 4.99. The molecule has 4 nitrogen and oxygen atoms in total. The predicted molar refractivity (Wildman–Crippen MR) is 86.5 cm³/mol. The maximum atomic E-state index is 13.5. The summed E-state index contributed by atoms with van der Waals surface area (Å²) in [4.78, 5) is 0. The zero-order chi connectivity index (χ0) is 19.9. The summed E-state index contributed by atoms with van der Waals surface area (Å²) in [7, 11) is 0. The summed E-state index contributed by atoms with van der Waals surface area (Å²) in [6.07, 6.45) is -5.62. The van der Waals surface area contributed by atoms with Crippen molar-refractivity contribution < 1.29 is 37.2 Å². The molecule has 2 unspecified atom stereocenters. The summed E-state index contributed by atoms with van der Waals surface area (Å²) in [6.45, 7) is 3.02. The molecule has 2 aromatic carbocycles. The number of ether oxygens (including phenoxy) is 2. The number of hydrogen-bond acceptors (Lipinski definition) is 4. The highest BCUT2D eigenvalue weighted by molar-refractivity contribution is 5.25. The van der Waals surface area contributed by atoms with Crippen LogP contribution in [0.2, 0.25) is 0 Å². The second-order valence-electron chi connectivity index (χ2n) is 6.86. The van der Waals surface area contributed by atoms with E-state index in [0.29, 0.717) is 12.1 Å². The number of hydrogen-bond donors (Lipinski definition) is 2. The molecular weight excluding hydrogens is 368 g/mol. The van der Waals surface area contributed by atoms with Crippen molar-refractivity contribution in [1.82, 2.24) is 0 Å². The topological polar surface area (TPSA) is 58.9 Å². The summed E-state index contributed by atoms with van der Waals surface area (Å²) in [5.74, 6) is -4.84. The van der Waals surface area contributed by atoms with E-state index in [0.717, 1.165) is 24.3 Å². The van der Waals surface area contributed by atoms with Crippen molar-refractivity contribution in [2.75, 3.05) is 0 Å². The molecule has 8 heteroatoms. The Labute approximate surface area is 153 Å². The fourth-order valence-electron chi connectivity index (χ4n) is 3.18. The van der Waals surface area contributed by atoms with Crippen LogP contribution in [0.5, 0.6) is 0 Å². The van der Waals surface area contributed by atoms with Gasteiger partial charge in [0.1, 0.15) is 47.7 Å². The van der Waals surface area contributed by atoms with Gasteiger partial charge in [0.05, 0.1) is 0 Å². The molecule has 0 radical (unpaired) electrons. The van der Waals surface area contributed by atoms with Crippen molar-refractivity contribution in [1.29, 1.82) is 0 Å². The number of benzene rings is 2. The van der Waals surface area contributed by atoms with Crippen LogP contribution in [0.25, 0.3) is 0 Å². The van der Waals surface area contributed by atoms with E-state index < -0.39 is 53.5 Å². The van der Waals surface area contributed by atoms with Gasteiger partial charge in [0.2, 0.25) is 0 Å². The third-order valence-corrected chi connectivity index (χ3v) is 4.24. The summed E-state index contributed by atoms with van der Waals surface area (Å²) < 4.78 is 65.1. The summed E-state index contributed by atoms with van der Waals surface area (Å²) in [5, 5.41) is 21.2. The van der Waals surface area contributed by atoms with Gasteiger partial charge in [-0.05, 0) is 49.2 Å². The van der Waals surface area contributed by atoms with Crippen LogP contribution in [0.1, 0.15) is 37.2 Å². The fourth-order valence-corrected chi connectivity index (χ4v) is 3.18. The van der Waals surface area contributed by atoms with E-state index in [1.165, 1.54) is 13.8 Å². The van der Waals surface area contributed by atoms with E-state index in [2.05, 4.69) is 0 Å². The molecule has 1 aliphatic rings. The van der Waals surface area contributed by atoms with Crippen LogP contribution < -0.4 is 0 Å². The van der Waals surface area contributed by atoms with Gasteiger partial charge < -0.3 is 19.7 Å². The van der Waals surface area contributed by atoms with E-state index in [4.69, 9.17) is 9.47 Å². The molecule has 1 saturated heterocycles. The molecule has 27 heavy (non-hydrogen) atoms. The normalized spacial score (nSPS) is 24.0. The molecule has 4 atom stereocenters.